The predicted octanol–water partition coefficient (Wildman–Crippen LogP) is 4.78. The number of rotatable bonds is 6. The van der Waals surface area contributed by atoms with Crippen LogP contribution in [0.5, 0.6) is 0 Å². The van der Waals surface area contributed by atoms with Crippen LogP contribution in [0.4, 0.5) is 31.1 Å². The van der Waals surface area contributed by atoms with Crippen molar-refractivity contribution in [2.45, 2.75) is 69.6 Å². The molecule has 2 rings (SSSR count). The number of carbonyl (C=O) groups excluding carboxylic acids is 2. The maximum Gasteiger partial charge on any atom is 0.416 e. The molecule has 0 bridgehead atoms. The first-order valence-corrected chi connectivity index (χ1v) is 10.2. The molecule has 182 valence electrons. The summed E-state index contributed by atoms with van der Waals surface area (Å²) in [6.07, 6.45) is -4.58. The van der Waals surface area contributed by atoms with E-state index in [1.807, 2.05) is 12.8 Å². The highest BCUT2D eigenvalue weighted by Gasteiger charge is 2.38. The molecule has 0 radical (unpaired) electrons. The Morgan fingerprint density at radius 1 is 1.09 bits per heavy atom. The average molecular weight is 478 g/mol. The summed E-state index contributed by atoms with van der Waals surface area (Å²) >= 11 is 0. The number of hydrogen-bond donors (Lipinski definition) is 1. The number of methoxy groups -OCH3 is 1. The highest BCUT2D eigenvalue weighted by Crippen LogP contribution is 2.37. The summed E-state index contributed by atoms with van der Waals surface area (Å²) in [5.74, 6) is 1.55. The average Bonchev–Trinajstić information content (AvgIpc) is 2.75. The highest BCUT2D eigenvalue weighted by molar-refractivity contribution is 5.95. The number of halogens is 6. The maximum absolute atomic E-state index is 13.2. The molecule has 3 atom stereocenters. The van der Waals surface area contributed by atoms with Gasteiger partial charge < -0.3 is 15.0 Å². The highest BCUT2D eigenvalue weighted by atomic mass is 19.4. The van der Waals surface area contributed by atoms with E-state index in [1.165, 1.54) is 0 Å². The number of piperidine rings is 1. The number of ketones is 1. The van der Waals surface area contributed by atoms with E-state index in [9.17, 15) is 35.9 Å². The number of nitrogens with zero attached hydrogens (tertiary/aromatic N) is 1. The lowest BCUT2D eigenvalue weighted by atomic mass is 9.88. The molecule has 1 aliphatic rings. The Hall–Kier alpha value is -2.74. The smallest absolute Gasteiger partial charge is 0.416 e. The number of hydrogen-bond acceptors (Lipinski definition) is 4. The second-order valence-corrected chi connectivity index (χ2v) is 7.88. The summed E-state index contributed by atoms with van der Waals surface area (Å²) in [4.78, 5) is 25.3. The standard InChI is InChI=1S/C22H24F6N2O3/c1-4-16-9-18(10-17(29-16)11-19(31)5-2)30(20(32)33-3)12-13-6-14(21(23,24)25)8-15(7-13)22(26,27)28/h2,6-8,16-18,29H,4,9-12H2,1,3H3. The molecule has 1 saturated heterocycles. The van der Waals surface area contributed by atoms with E-state index < -0.39 is 54.0 Å². The summed E-state index contributed by atoms with van der Waals surface area (Å²) in [5.41, 5.74) is -3.27. The number of nitrogens with one attached hydrogen (secondary N) is 1. The molecule has 11 heteroatoms. The summed E-state index contributed by atoms with van der Waals surface area (Å²) in [5, 5.41) is 3.24. The third-order valence-electron chi connectivity index (χ3n) is 5.52. The monoisotopic (exact) mass is 478 g/mol. The van der Waals surface area contributed by atoms with Crippen LogP contribution in [0.1, 0.15) is 49.3 Å². The second-order valence-electron chi connectivity index (χ2n) is 7.88. The van der Waals surface area contributed by atoms with Crippen molar-refractivity contribution in [2.75, 3.05) is 7.11 Å². The van der Waals surface area contributed by atoms with Gasteiger partial charge in [-0.3, -0.25) is 4.79 Å². The summed E-state index contributed by atoms with van der Waals surface area (Å²) in [7, 11) is 1.07. The number of ether oxygens (including phenoxy) is 1. The Kier molecular flexibility index (Phi) is 8.41. The van der Waals surface area contributed by atoms with Crippen LogP contribution in [-0.4, -0.2) is 42.0 Å². The van der Waals surface area contributed by atoms with Gasteiger partial charge in [0.05, 0.1) is 18.2 Å². The number of carbonyl (C=O) groups is 2. The minimum atomic E-state index is -5.01. The van der Waals surface area contributed by atoms with E-state index in [-0.39, 0.29) is 30.5 Å². The van der Waals surface area contributed by atoms with Gasteiger partial charge >= 0.3 is 18.4 Å². The first kappa shape index (κ1) is 26.5. The quantitative estimate of drug-likeness (QED) is 0.363. The zero-order valence-electron chi connectivity index (χ0n) is 18.0. The van der Waals surface area contributed by atoms with E-state index in [2.05, 4.69) is 5.32 Å². The Balaban J connectivity index is 2.42. The molecule has 5 nitrogen and oxygen atoms in total. The summed E-state index contributed by atoms with van der Waals surface area (Å²) in [6, 6.07) is 0.0650. The molecule has 0 aromatic heterocycles. The minimum absolute atomic E-state index is 0.0136. The fraction of sp³-hybridized carbons (Fsp3) is 0.545. The third kappa shape index (κ3) is 7.12. The maximum atomic E-state index is 13.2. The predicted molar refractivity (Wildman–Crippen MR) is 107 cm³/mol. The van der Waals surface area contributed by atoms with Crippen LogP contribution in [0.2, 0.25) is 0 Å². The molecule has 1 amide bonds. The Morgan fingerprint density at radius 2 is 1.64 bits per heavy atom. The molecule has 1 aromatic carbocycles. The molecule has 1 N–H and O–H groups in total. The van der Waals surface area contributed by atoms with Crippen molar-refractivity contribution in [3.05, 3.63) is 34.9 Å². The molecule has 1 heterocycles. The second kappa shape index (κ2) is 10.5. The van der Waals surface area contributed by atoms with Gasteiger partial charge in [0.1, 0.15) is 0 Å². The molecular formula is C22H24F6N2O3. The third-order valence-corrected chi connectivity index (χ3v) is 5.52. The Labute approximate surface area is 187 Å². The summed E-state index contributed by atoms with van der Waals surface area (Å²) < 4.78 is 84.1. The van der Waals surface area contributed by atoms with E-state index in [0.717, 1.165) is 12.0 Å². The SMILES string of the molecule is C#CC(=O)CC1CC(N(Cc2cc(C(F)(F)F)cc(C(F)(F)F)c2)C(=O)OC)CC(CC)N1. The van der Waals surface area contributed by atoms with Crippen molar-refractivity contribution >= 4 is 11.9 Å². The van der Waals surface area contributed by atoms with Crippen LogP contribution >= 0.6 is 0 Å². The largest absolute Gasteiger partial charge is 0.453 e. The molecule has 0 aliphatic carbocycles. The van der Waals surface area contributed by atoms with E-state index >= 15 is 0 Å². The van der Waals surface area contributed by atoms with Gasteiger partial charge in [-0.05, 0) is 48.9 Å². The van der Waals surface area contributed by atoms with Gasteiger partial charge in [-0.15, -0.1) is 6.42 Å². The van der Waals surface area contributed by atoms with Crippen LogP contribution in [0.25, 0.3) is 0 Å². The van der Waals surface area contributed by atoms with Gasteiger partial charge in [0.15, 0.2) is 0 Å². The van der Waals surface area contributed by atoms with Crippen molar-refractivity contribution in [2.24, 2.45) is 0 Å². The van der Waals surface area contributed by atoms with Crippen LogP contribution in [0.15, 0.2) is 18.2 Å². The molecular weight excluding hydrogens is 454 g/mol. The minimum Gasteiger partial charge on any atom is -0.453 e. The van der Waals surface area contributed by atoms with E-state index in [1.54, 1.807) is 0 Å². The van der Waals surface area contributed by atoms with Gasteiger partial charge in [-0.1, -0.05) is 6.92 Å². The Bertz CT molecular complexity index is 875. The zero-order chi connectivity index (χ0) is 25.0. The van der Waals surface area contributed by atoms with Gasteiger partial charge in [-0.2, -0.15) is 26.3 Å². The molecule has 1 aromatic rings. The van der Waals surface area contributed by atoms with Crippen molar-refractivity contribution in [1.82, 2.24) is 10.2 Å². The first-order valence-electron chi connectivity index (χ1n) is 10.2. The van der Waals surface area contributed by atoms with Crippen molar-refractivity contribution in [1.29, 1.82) is 0 Å². The fourth-order valence-corrected chi connectivity index (χ4v) is 3.95. The van der Waals surface area contributed by atoms with Gasteiger partial charge in [0, 0.05) is 31.1 Å². The normalized spacial score (nSPS) is 21.2. The van der Waals surface area contributed by atoms with Gasteiger partial charge in [-0.25, -0.2) is 4.79 Å². The molecule has 0 saturated carbocycles. The first-order chi connectivity index (χ1) is 15.3. The zero-order valence-corrected chi connectivity index (χ0v) is 18.0. The van der Waals surface area contributed by atoms with Crippen LogP contribution < -0.4 is 5.32 Å². The number of alkyl halides is 6. The molecule has 1 fully saturated rings. The van der Waals surface area contributed by atoms with Gasteiger partial charge in [0.2, 0.25) is 5.78 Å². The van der Waals surface area contributed by atoms with E-state index in [0.29, 0.717) is 25.0 Å². The molecule has 1 aliphatic heterocycles. The van der Waals surface area contributed by atoms with Crippen LogP contribution in [0, 0.1) is 12.3 Å². The van der Waals surface area contributed by atoms with Crippen LogP contribution in [-0.2, 0) is 28.4 Å². The number of Topliss-reactive ketones (excluding diaryl/α,β-unsaturated/α-hetero) is 1. The number of amides is 1. The molecule has 0 spiro atoms. The number of terminal acetylenes is 1. The van der Waals surface area contributed by atoms with Gasteiger partial charge in [0.25, 0.3) is 0 Å². The van der Waals surface area contributed by atoms with Crippen LogP contribution in [0.3, 0.4) is 0 Å². The van der Waals surface area contributed by atoms with Crippen molar-refractivity contribution < 1.29 is 40.7 Å². The number of benzene rings is 1. The topological polar surface area (TPSA) is 58.6 Å². The van der Waals surface area contributed by atoms with E-state index in [4.69, 9.17) is 11.2 Å². The fourth-order valence-electron chi connectivity index (χ4n) is 3.95. The lowest BCUT2D eigenvalue weighted by Gasteiger charge is -2.41. The Morgan fingerprint density at radius 3 is 2.09 bits per heavy atom. The molecule has 3 unspecified atom stereocenters. The lowest BCUT2D eigenvalue weighted by Crippen LogP contribution is -2.54. The molecule has 33 heavy (non-hydrogen) atoms. The summed E-state index contributed by atoms with van der Waals surface area (Å²) in [6.45, 7) is 1.33. The lowest BCUT2D eigenvalue weighted by molar-refractivity contribution is -0.143. The van der Waals surface area contributed by atoms with Crippen molar-refractivity contribution in [3.8, 4) is 12.3 Å². The van der Waals surface area contributed by atoms with Crippen molar-refractivity contribution in [3.63, 3.8) is 0 Å².